The molecule has 0 aromatic heterocycles. The Labute approximate surface area is 108 Å². The van der Waals surface area contributed by atoms with Gasteiger partial charge in [0, 0.05) is 5.92 Å². The van der Waals surface area contributed by atoms with Gasteiger partial charge in [-0.1, -0.05) is 66.7 Å². The summed E-state index contributed by atoms with van der Waals surface area (Å²) in [4.78, 5) is 11.1. The zero-order valence-electron chi connectivity index (χ0n) is 10.4. The molecule has 0 atom stereocenters. The Bertz CT molecular complexity index is 487. The molecule has 0 unspecified atom stereocenters. The topological polar surface area (TPSA) is 17.1 Å². The molecule has 0 spiro atoms. The van der Waals surface area contributed by atoms with Crippen LogP contribution in [0.1, 0.15) is 24.0 Å². The van der Waals surface area contributed by atoms with Gasteiger partial charge in [0.05, 0.1) is 0 Å². The molecule has 0 heterocycles. The van der Waals surface area contributed by atoms with E-state index in [2.05, 4.69) is 24.3 Å². The van der Waals surface area contributed by atoms with E-state index >= 15 is 0 Å². The molecule has 1 nitrogen and oxygen atoms in total. The molecule has 0 bridgehead atoms. The molecule has 0 amide bonds. The molecule has 90 valence electrons. The minimum absolute atomic E-state index is 0.0758. The van der Waals surface area contributed by atoms with Gasteiger partial charge in [-0.3, -0.25) is 4.79 Å². The van der Waals surface area contributed by atoms with Crippen LogP contribution in [0.2, 0.25) is 0 Å². The Morgan fingerprint density at radius 2 is 1.33 bits per heavy atom. The van der Waals surface area contributed by atoms with Crippen molar-refractivity contribution in [1.29, 1.82) is 0 Å². The zero-order valence-corrected chi connectivity index (χ0v) is 10.4. The molecule has 2 rings (SSSR count). The Hall–Kier alpha value is -2.15. The fourth-order valence-corrected chi connectivity index (χ4v) is 1.97. The van der Waals surface area contributed by atoms with Crippen LogP contribution in [0.4, 0.5) is 0 Å². The molecular formula is C17H16O. The summed E-state index contributed by atoms with van der Waals surface area (Å²) in [6, 6.07) is 20.4. The maximum absolute atomic E-state index is 11.1. The van der Waals surface area contributed by atoms with Crippen LogP contribution in [-0.4, -0.2) is 5.78 Å². The van der Waals surface area contributed by atoms with E-state index in [0.29, 0.717) is 0 Å². The van der Waals surface area contributed by atoms with Crippen LogP contribution >= 0.6 is 0 Å². The molecule has 0 aliphatic carbocycles. The van der Waals surface area contributed by atoms with Crippen molar-refractivity contribution in [3.63, 3.8) is 0 Å². The highest BCUT2D eigenvalue weighted by molar-refractivity contribution is 5.87. The highest BCUT2D eigenvalue weighted by Gasteiger charge is 2.09. The molecule has 0 radical (unpaired) electrons. The number of ketones is 1. The lowest BCUT2D eigenvalue weighted by Gasteiger charge is -2.13. The average Bonchev–Trinajstić information content (AvgIpc) is 2.41. The van der Waals surface area contributed by atoms with Crippen LogP contribution in [0, 0.1) is 0 Å². The highest BCUT2D eigenvalue weighted by atomic mass is 16.1. The SMILES string of the molecule is CC(=O)/C=C/C(c1ccccc1)c1ccccc1. The first-order chi connectivity index (χ1) is 8.77. The fraction of sp³-hybridized carbons (Fsp3) is 0.118. The first kappa shape index (κ1) is 12.3. The van der Waals surface area contributed by atoms with Crippen molar-refractivity contribution in [3.8, 4) is 0 Å². The molecule has 2 aromatic carbocycles. The first-order valence-electron chi connectivity index (χ1n) is 6.06. The summed E-state index contributed by atoms with van der Waals surface area (Å²) in [5.74, 6) is 0.211. The van der Waals surface area contributed by atoms with Crippen molar-refractivity contribution in [2.75, 3.05) is 0 Å². The van der Waals surface area contributed by atoms with Gasteiger partial charge in [0.15, 0.2) is 5.78 Å². The van der Waals surface area contributed by atoms with Crippen molar-refractivity contribution in [2.24, 2.45) is 0 Å². The van der Waals surface area contributed by atoms with Crippen LogP contribution < -0.4 is 0 Å². The Kier molecular flexibility index (Phi) is 4.08. The van der Waals surface area contributed by atoms with E-state index in [1.807, 2.05) is 42.5 Å². The lowest BCUT2D eigenvalue weighted by molar-refractivity contribution is -0.112. The molecule has 0 fully saturated rings. The smallest absolute Gasteiger partial charge is 0.152 e. The third-order valence-corrected chi connectivity index (χ3v) is 2.84. The van der Waals surface area contributed by atoms with Crippen LogP contribution in [0.25, 0.3) is 0 Å². The molecule has 0 saturated heterocycles. The number of hydrogen-bond acceptors (Lipinski definition) is 1. The molecule has 18 heavy (non-hydrogen) atoms. The second kappa shape index (κ2) is 5.97. The van der Waals surface area contributed by atoms with Crippen molar-refractivity contribution in [3.05, 3.63) is 83.9 Å². The fourth-order valence-electron chi connectivity index (χ4n) is 1.97. The van der Waals surface area contributed by atoms with Gasteiger partial charge in [0.25, 0.3) is 0 Å². The third-order valence-electron chi connectivity index (χ3n) is 2.84. The predicted molar refractivity (Wildman–Crippen MR) is 74.5 cm³/mol. The van der Waals surface area contributed by atoms with Gasteiger partial charge in [-0.15, -0.1) is 0 Å². The summed E-state index contributed by atoms with van der Waals surface area (Å²) >= 11 is 0. The lowest BCUT2D eigenvalue weighted by atomic mass is 9.91. The standard InChI is InChI=1S/C17H16O/c1-14(18)12-13-17(15-8-4-2-5-9-15)16-10-6-3-7-11-16/h2-13,17H,1H3/b13-12+. The third kappa shape index (κ3) is 3.17. The minimum Gasteiger partial charge on any atom is -0.295 e. The average molecular weight is 236 g/mol. The monoisotopic (exact) mass is 236 g/mol. The van der Waals surface area contributed by atoms with E-state index in [4.69, 9.17) is 0 Å². The molecule has 0 saturated carbocycles. The van der Waals surface area contributed by atoms with E-state index in [1.54, 1.807) is 13.0 Å². The van der Waals surface area contributed by atoms with Crippen molar-refractivity contribution >= 4 is 5.78 Å². The quantitative estimate of drug-likeness (QED) is 0.734. The van der Waals surface area contributed by atoms with Gasteiger partial charge in [-0.05, 0) is 24.1 Å². The molecule has 0 N–H and O–H groups in total. The van der Waals surface area contributed by atoms with Crippen molar-refractivity contribution in [1.82, 2.24) is 0 Å². The number of allylic oxidation sites excluding steroid dienone is 2. The Balaban J connectivity index is 2.38. The molecule has 0 aliphatic rings. The normalized spacial score (nSPS) is 11.0. The summed E-state index contributed by atoms with van der Waals surface area (Å²) in [6.45, 7) is 1.57. The largest absolute Gasteiger partial charge is 0.295 e. The molecule has 0 aliphatic heterocycles. The summed E-state index contributed by atoms with van der Waals surface area (Å²) in [5.41, 5.74) is 2.39. The molecular weight excluding hydrogens is 220 g/mol. The summed E-state index contributed by atoms with van der Waals surface area (Å²) in [6.07, 6.45) is 3.61. The van der Waals surface area contributed by atoms with Crippen LogP contribution in [0.5, 0.6) is 0 Å². The maximum atomic E-state index is 11.1. The predicted octanol–water partition coefficient (Wildman–Crippen LogP) is 3.96. The summed E-state index contributed by atoms with van der Waals surface area (Å²) < 4.78 is 0. The number of hydrogen-bond donors (Lipinski definition) is 0. The highest BCUT2D eigenvalue weighted by Crippen LogP contribution is 2.25. The van der Waals surface area contributed by atoms with Gasteiger partial charge in [-0.25, -0.2) is 0 Å². The number of carbonyl (C=O) groups excluding carboxylic acids is 1. The molecule has 2 aromatic rings. The van der Waals surface area contributed by atoms with Gasteiger partial charge >= 0.3 is 0 Å². The minimum atomic E-state index is 0.0758. The van der Waals surface area contributed by atoms with E-state index in [9.17, 15) is 4.79 Å². The van der Waals surface area contributed by atoms with Gasteiger partial charge in [0.1, 0.15) is 0 Å². The Morgan fingerprint density at radius 1 is 0.889 bits per heavy atom. The van der Waals surface area contributed by atoms with Gasteiger partial charge in [-0.2, -0.15) is 0 Å². The van der Waals surface area contributed by atoms with Crippen LogP contribution in [0.15, 0.2) is 72.8 Å². The molecule has 1 heteroatoms. The lowest BCUT2D eigenvalue weighted by Crippen LogP contribution is -1.98. The maximum Gasteiger partial charge on any atom is 0.152 e. The second-order valence-electron chi connectivity index (χ2n) is 4.27. The van der Waals surface area contributed by atoms with E-state index in [0.717, 1.165) is 0 Å². The number of rotatable bonds is 4. The summed E-state index contributed by atoms with van der Waals surface area (Å²) in [5, 5.41) is 0. The van der Waals surface area contributed by atoms with Gasteiger partial charge < -0.3 is 0 Å². The summed E-state index contributed by atoms with van der Waals surface area (Å²) in [7, 11) is 0. The van der Waals surface area contributed by atoms with E-state index in [1.165, 1.54) is 11.1 Å². The van der Waals surface area contributed by atoms with E-state index in [-0.39, 0.29) is 11.7 Å². The zero-order chi connectivity index (χ0) is 12.8. The number of carbonyl (C=O) groups is 1. The van der Waals surface area contributed by atoms with Crippen LogP contribution in [-0.2, 0) is 4.79 Å². The van der Waals surface area contributed by atoms with Crippen LogP contribution in [0.3, 0.4) is 0 Å². The van der Waals surface area contributed by atoms with Gasteiger partial charge in [0.2, 0.25) is 0 Å². The van der Waals surface area contributed by atoms with E-state index < -0.39 is 0 Å². The number of benzene rings is 2. The second-order valence-corrected chi connectivity index (χ2v) is 4.27. The van der Waals surface area contributed by atoms with Crippen molar-refractivity contribution in [2.45, 2.75) is 12.8 Å². The first-order valence-corrected chi connectivity index (χ1v) is 6.06. The van der Waals surface area contributed by atoms with Crippen molar-refractivity contribution < 1.29 is 4.79 Å². The Morgan fingerprint density at radius 3 is 1.72 bits per heavy atom.